The van der Waals surface area contributed by atoms with Crippen molar-refractivity contribution in [2.24, 2.45) is 0 Å². The van der Waals surface area contributed by atoms with E-state index in [-0.39, 0.29) is 5.04 Å². The molecular weight excluding hydrogens is 112 g/mol. The van der Waals surface area contributed by atoms with Crippen LogP contribution in [0.4, 0.5) is 0 Å². The molecule has 0 saturated carbocycles. The molecule has 0 aromatic carbocycles. The molecule has 0 bridgehead atoms. The number of allylic oxidation sites excluding steroid dienone is 1. The summed E-state index contributed by atoms with van der Waals surface area (Å²) in [6.45, 7) is 8.03. The predicted octanol–water partition coefficient (Wildman–Crippen LogP) is 2.32. The summed E-state index contributed by atoms with van der Waals surface area (Å²) < 4.78 is 0. The van der Waals surface area contributed by atoms with Gasteiger partial charge in [0.05, 0.1) is 0 Å². The van der Waals surface area contributed by atoms with Gasteiger partial charge in [0.1, 0.15) is 0 Å². The van der Waals surface area contributed by atoms with Crippen molar-refractivity contribution in [2.45, 2.75) is 31.7 Å². The molecular formula is C7H13Si. The number of rotatable bonds is 3. The SMILES string of the molecule is C=CC([Si])(CC)CC. The molecule has 0 nitrogen and oxygen atoms in total. The van der Waals surface area contributed by atoms with Crippen LogP contribution in [0, 0.1) is 0 Å². The molecule has 1 heteroatoms. The maximum Gasteiger partial charge on any atom is 0.0369 e. The van der Waals surface area contributed by atoms with E-state index in [1.807, 2.05) is 6.08 Å². The van der Waals surface area contributed by atoms with Gasteiger partial charge in [0, 0.05) is 10.2 Å². The second kappa shape index (κ2) is 3.08. The van der Waals surface area contributed by atoms with Gasteiger partial charge < -0.3 is 0 Å². The van der Waals surface area contributed by atoms with Crippen LogP contribution in [-0.2, 0) is 0 Å². The Morgan fingerprint density at radius 2 is 1.88 bits per heavy atom. The van der Waals surface area contributed by atoms with E-state index in [4.69, 9.17) is 0 Å². The van der Waals surface area contributed by atoms with Crippen molar-refractivity contribution in [1.82, 2.24) is 0 Å². The molecule has 0 heterocycles. The summed E-state index contributed by atoms with van der Waals surface area (Å²) in [7, 11) is 3.61. The third-order valence-electron chi connectivity index (χ3n) is 1.65. The highest BCUT2D eigenvalue weighted by Gasteiger charge is 2.13. The van der Waals surface area contributed by atoms with Crippen LogP contribution >= 0.6 is 0 Å². The minimum atomic E-state index is 0.194. The van der Waals surface area contributed by atoms with Crippen LogP contribution in [0.15, 0.2) is 12.7 Å². The van der Waals surface area contributed by atoms with Gasteiger partial charge in [-0.1, -0.05) is 32.8 Å². The fraction of sp³-hybridized carbons (Fsp3) is 0.714. The highest BCUT2D eigenvalue weighted by Crippen LogP contribution is 2.30. The van der Waals surface area contributed by atoms with Gasteiger partial charge >= 0.3 is 0 Å². The normalized spacial score (nSPS) is 11.4. The van der Waals surface area contributed by atoms with Gasteiger partial charge in [-0.2, -0.15) is 0 Å². The van der Waals surface area contributed by atoms with Gasteiger partial charge in [0.2, 0.25) is 0 Å². The predicted molar refractivity (Wildman–Crippen MR) is 39.2 cm³/mol. The highest BCUT2D eigenvalue weighted by molar-refractivity contribution is 6.16. The van der Waals surface area contributed by atoms with Crippen molar-refractivity contribution >= 4 is 10.2 Å². The molecule has 0 aliphatic carbocycles. The lowest BCUT2D eigenvalue weighted by atomic mass is 10.0. The molecule has 0 aromatic heterocycles. The van der Waals surface area contributed by atoms with Gasteiger partial charge in [-0.3, -0.25) is 0 Å². The monoisotopic (exact) mass is 125 g/mol. The van der Waals surface area contributed by atoms with Crippen molar-refractivity contribution in [3.63, 3.8) is 0 Å². The summed E-state index contributed by atoms with van der Waals surface area (Å²) >= 11 is 0. The summed E-state index contributed by atoms with van der Waals surface area (Å²) in [4.78, 5) is 0. The molecule has 0 saturated heterocycles. The summed E-state index contributed by atoms with van der Waals surface area (Å²) in [5, 5.41) is 0.194. The first-order chi connectivity index (χ1) is 3.68. The Morgan fingerprint density at radius 1 is 1.50 bits per heavy atom. The number of hydrogen-bond acceptors (Lipinski definition) is 0. The molecule has 0 aliphatic heterocycles. The van der Waals surface area contributed by atoms with Crippen LogP contribution < -0.4 is 0 Å². The van der Waals surface area contributed by atoms with Crippen LogP contribution in [0.25, 0.3) is 0 Å². The molecule has 0 rings (SSSR count). The molecule has 0 aromatic rings. The van der Waals surface area contributed by atoms with Crippen molar-refractivity contribution < 1.29 is 0 Å². The molecule has 0 N–H and O–H groups in total. The molecule has 0 unspecified atom stereocenters. The Labute approximate surface area is 55.4 Å². The summed E-state index contributed by atoms with van der Waals surface area (Å²) in [5.74, 6) is 0. The van der Waals surface area contributed by atoms with Crippen LogP contribution in [0.1, 0.15) is 26.7 Å². The standard InChI is InChI=1S/C7H13Si/c1-4-7(8,5-2)6-3/h4H,1,5-6H2,2-3H3. The maximum absolute atomic E-state index is 3.73. The van der Waals surface area contributed by atoms with Crippen molar-refractivity contribution in [3.05, 3.63) is 12.7 Å². The zero-order chi connectivity index (χ0) is 6.62. The van der Waals surface area contributed by atoms with Crippen molar-refractivity contribution in [2.75, 3.05) is 0 Å². The quantitative estimate of drug-likeness (QED) is 0.401. The van der Waals surface area contributed by atoms with E-state index in [2.05, 4.69) is 30.7 Å². The molecule has 0 aliphatic rings. The van der Waals surface area contributed by atoms with E-state index in [1.54, 1.807) is 0 Å². The van der Waals surface area contributed by atoms with Crippen LogP contribution in [0.3, 0.4) is 0 Å². The maximum atomic E-state index is 3.73. The first kappa shape index (κ1) is 7.96. The Morgan fingerprint density at radius 3 is 1.88 bits per heavy atom. The fourth-order valence-electron chi connectivity index (χ4n) is 0.539. The lowest BCUT2D eigenvalue weighted by Crippen LogP contribution is -2.04. The van der Waals surface area contributed by atoms with E-state index in [0.29, 0.717) is 0 Å². The van der Waals surface area contributed by atoms with Gasteiger partial charge in [-0.25, -0.2) is 0 Å². The molecule has 0 fully saturated rings. The minimum Gasteiger partial charge on any atom is -0.103 e. The van der Waals surface area contributed by atoms with E-state index in [0.717, 1.165) is 12.8 Å². The first-order valence-corrected chi connectivity index (χ1v) is 3.57. The Balaban J connectivity index is 3.76. The van der Waals surface area contributed by atoms with E-state index < -0.39 is 0 Å². The second-order valence-electron chi connectivity index (χ2n) is 2.07. The van der Waals surface area contributed by atoms with E-state index >= 15 is 0 Å². The van der Waals surface area contributed by atoms with Crippen molar-refractivity contribution in [1.29, 1.82) is 0 Å². The lowest BCUT2D eigenvalue weighted by molar-refractivity contribution is 0.633. The highest BCUT2D eigenvalue weighted by atomic mass is 28.1. The third kappa shape index (κ3) is 1.82. The molecule has 0 amide bonds. The zero-order valence-electron chi connectivity index (χ0n) is 5.70. The molecule has 8 heavy (non-hydrogen) atoms. The van der Waals surface area contributed by atoms with Crippen LogP contribution in [-0.4, -0.2) is 10.2 Å². The zero-order valence-corrected chi connectivity index (χ0v) is 6.70. The third-order valence-corrected chi connectivity index (χ3v) is 2.56. The Kier molecular flexibility index (Phi) is 3.06. The smallest absolute Gasteiger partial charge is 0.0369 e. The van der Waals surface area contributed by atoms with Gasteiger partial charge in [0.15, 0.2) is 0 Å². The molecule has 0 spiro atoms. The summed E-state index contributed by atoms with van der Waals surface area (Å²) in [5.41, 5.74) is 0. The average molecular weight is 125 g/mol. The topological polar surface area (TPSA) is 0 Å². The first-order valence-electron chi connectivity index (χ1n) is 3.07. The van der Waals surface area contributed by atoms with E-state index in [9.17, 15) is 0 Å². The largest absolute Gasteiger partial charge is 0.103 e. The van der Waals surface area contributed by atoms with Crippen LogP contribution in [0.2, 0.25) is 5.04 Å². The molecule has 3 radical (unpaired) electrons. The van der Waals surface area contributed by atoms with Gasteiger partial charge in [-0.15, -0.1) is 6.58 Å². The summed E-state index contributed by atoms with van der Waals surface area (Å²) in [6, 6.07) is 0. The van der Waals surface area contributed by atoms with E-state index in [1.165, 1.54) is 0 Å². The Hall–Kier alpha value is -0.0431. The number of hydrogen-bond donors (Lipinski definition) is 0. The minimum absolute atomic E-state index is 0.194. The van der Waals surface area contributed by atoms with Crippen LogP contribution in [0.5, 0.6) is 0 Å². The summed E-state index contributed by atoms with van der Waals surface area (Å²) in [6.07, 6.45) is 4.19. The molecule has 0 atom stereocenters. The van der Waals surface area contributed by atoms with Gasteiger partial charge in [-0.05, 0) is 5.04 Å². The fourth-order valence-corrected chi connectivity index (χ4v) is 0.539. The average Bonchev–Trinajstić information content (AvgIpc) is 1.87. The van der Waals surface area contributed by atoms with Gasteiger partial charge in [0.25, 0.3) is 0 Å². The lowest BCUT2D eigenvalue weighted by Gasteiger charge is -2.20. The molecule has 45 valence electrons. The second-order valence-corrected chi connectivity index (χ2v) is 3.06. The Bertz CT molecular complexity index is 72.5. The van der Waals surface area contributed by atoms with Crippen molar-refractivity contribution in [3.8, 4) is 0 Å².